The third kappa shape index (κ3) is 2.88. The van der Waals surface area contributed by atoms with E-state index >= 15 is 0 Å². The molecule has 0 spiro atoms. The lowest BCUT2D eigenvalue weighted by molar-refractivity contribution is -0.120. The Hall–Kier alpha value is -1.40. The number of nitrogens with zero attached hydrogens (tertiary/aromatic N) is 1. The Labute approximate surface area is 106 Å². The maximum absolute atomic E-state index is 12.1. The molecule has 2 heterocycles. The second-order valence-corrected chi connectivity index (χ2v) is 4.43. The van der Waals surface area contributed by atoms with Crippen LogP contribution in [0.2, 0.25) is 0 Å². The van der Waals surface area contributed by atoms with Gasteiger partial charge in [0.1, 0.15) is 0 Å². The Morgan fingerprint density at radius 1 is 1.56 bits per heavy atom. The normalized spacial score (nSPS) is 23.2. The first-order valence-electron chi connectivity index (χ1n) is 6.40. The number of H-pyrrole nitrogens is 1. The minimum atomic E-state index is -0.147. The highest BCUT2D eigenvalue weighted by Gasteiger charge is 2.33. The second-order valence-electron chi connectivity index (χ2n) is 4.43. The number of ether oxygens (including phenoxy) is 1. The largest absolute Gasteiger partial charge is 0.379 e. The van der Waals surface area contributed by atoms with E-state index in [1.807, 2.05) is 19.9 Å². The quantitative estimate of drug-likeness (QED) is 0.714. The van der Waals surface area contributed by atoms with Crippen LogP contribution in [0, 0.1) is 5.92 Å². The van der Waals surface area contributed by atoms with Crippen LogP contribution in [0.1, 0.15) is 19.5 Å². The van der Waals surface area contributed by atoms with Gasteiger partial charge in [-0.05, 0) is 13.0 Å². The third-order valence-corrected chi connectivity index (χ3v) is 3.15. The number of anilines is 1. The average molecular weight is 252 g/mol. The van der Waals surface area contributed by atoms with Gasteiger partial charge in [-0.2, -0.15) is 5.10 Å². The Kier molecular flexibility index (Phi) is 4.33. The molecule has 2 atom stereocenters. The summed E-state index contributed by atoms with van der Waals surface area (Å²) in [6.07, 6.45) is 0.870. The molecular formula is C12H20N4O2. The van der Waals surface area contributed by atoms with Crippen LogP contribution < -0.4 is 10.6 Å². The Morgan fingerprint density at radius 2 is 2.39 bits per heavy atom. The molecule has 0 aliphatic carbocycles. The molecule has 1 aromatic rings. The van der Waals surface area contributed by atoms with Crippen molar-refractivity contribution in [2.45, 2.75) is 26.3 Å². The molecule has 1 aromatic heterocycles. The monoisotopic (exact) mass is 252 g/mol. The lowest BCUT2D eigenvalue weighted by Crippen LogP contribution is -2.41. The Balaban J connectivity index is 1.94. The Bertz CT molecular complexity index is 405. The standard InChI is InChI=1S/C12H20N4O2/c1-3-8-5-11(16-15-8)14-12(17)9-6-18-7-10(9)13-4-2/h5,9-10,13H,3-4,6-7H2,1-2H3,(H2,14,15,16,17). The van der Waals surface area contributed by atoms with Crippen molar-refractivity contribution in [1.82, 2.24) is 15.5 Å². The lowest BCUT2D eigenvalue weighted by atomic mass is 10.0. The molecule has 1 fully saturated rings. The van der Waals surface area contributed by atoms with Crippen LogP contribution in [0.4, 0.5) is 5.82 Å². The van der Waals surface area contributed by atoms with E-state index in [0.717, 1.165) is 18.7 Å². The summed E-state index contributed by atoms with van der Waals surface area (Å²) in [6, 6.07) is 1.95. The highest BCUT2D eigenvalue weighted by molar-refractivity contribution is 5.92. The van der Waals surface area contributed by atoms with Gasteiger partial charge in [-0.15, -0.1) is 0 Å². The summed E-state index contributed by atoms with van der Waals surface area (Å²) in [4.78, 5) is 12.1. The lowest BCUT2D eigenvalue weighted by Gasteiger charge is -2.16. The molecule has 6 heteroatoms. The van der Waals surface area contributed by atoms with E-state index in [9.17, 15) is 4.79 Å². The molecule has 1 aliphatic rings. The molecule has 1 saturated heterocycles. The van der Waals surface area contributed by atoms with Crippen molar-refractivity contribution < 1.29 is 9.53 Å². The first-order chi connectivity index (χ1) is 8.74. The molecule has 1 aliphatic heterocycles. The fourth-order valence-corrected chi connectivity index (χ4v) is 2.10. The van der Waals surface area contributed by atoms with E-state index < -0.39 is 0 Å². The van der Waals surface area contributed by atoms with Gasteiger partial charge in [0.2, 0.25) is 5.91 Å². The van der Waals surface area contributed by atoms with Gasteiger partial charge in [0.05, 0.1) is 19.1 Å². The summed E-state index contributed by atoms with van der Waals surface area (Å²) in [5.41, 5.74) is 1.01. The number of aromatic nitrogens is 2. The first-order valence-corrected chi connectivity index (χ1v) is 6.40. The van der Waals surface area contributed by atoms with E-state index in [4.69, 9.17) is 4.74 Å². The van der Waals surface area contributed by atoms with Crippen LogP contribution in [-0.4, -0.2) is 41.9 Å². The summed E-state index contributed by atoms with van der Waals surface area (Å²) >= 11 is 0. The van der Waals surface area contributed by atoms with Gasteiger partial charge in [0, 0.05) is 17.8 Å². The average Bonchev–Trinajstić information content (AvgIpc) is 2.98. The fourth-order valence-electron chi connectivity index (χ4n) is 2.10. The topological polar surface area (TPSA) is 79.0 Å². The zero-order valence-corrected chi connectivity index (χ0v) is 10.8. The number of hydrogen-bond acceptors (Lipinski definition) is 4. The maximum Gasteiger partial charge on any atom is 0.232 e. The zero-order valence-electron chi connectivity index (χ0n) is 10.8. The predicted molar refractivity (Wildman–Crippen MR) is 68.4 cm³/mol. The van der Waals surface area contributed by atoms with E-state index in [0.29, 0.717) is 19.0 Å². The summed E-state index contributed by atoms with van der Waals surface area (Å²) in [7, 11) is 0. The van der Waals surface area contributed by atoms with Gasteiger partial charge < -0.3 is 15.4 Å². The van der Waals surface area contributed by atoms with Crippen molar-refractivity contribution in [2.75, 3.05) is 25.1 Å². The van der Waals surface area contributed by atoms with Gasteiger partial charge in [0.25, 0.3) is 0 Å². The number of carbonyl (C=O) groups excluding carboxylic acids is 1. The van der Waals surface area contributed by atoms with E-state index in [-0.39, 0.29) is 17.9 Å². The molecule has 6 nitrogen and oxygen atoms in total. The smallest absolute Gasteiger partial charge is 0.232 e. The van der Waals surface area contributed by atoms with Crippen molar-refractivity contribution in [3.8, 4) is 0 Å². The summed E-state index contributed by atoms with van der Waals surface area (Å²) < 4.78 is 5.36. The molecule has 3 N–H and O–H groups in total. The number of aryl methyl sites for hydroxylation is 1. The molecule has 100 valence electrons. The van der Waals surface area contributed by atoms with Crippen LogP contribution in [0.15, 0.2) is 6.07 Å². The van der Waals surface area contributed by atoms with Gasteiger partial charge in [0.15, 0.2) is 5.82 Å². The van der Waals surface area contributed by atoms with E-state index in [1.165, 1.54) is 0 Å². The number of nitrogens with one attached hydrogen (secondary N) is 3. The summed E-state index contributed by atoms with van der Waals surface area (Å²) in [5.74, 6) is 0.401. The molecule has 2 unspecified atom stereocenters. The van der Waals surface area contributed by atoms with Gasteiger partial charge in [-0.1, -0.05) is 13.8 Å². The number of likely N-dealkylation sites (N-methyl/N-ethyl adjacent to an activating group) is 1. The molecule has 18 heavy (non-hydrogen) atoms. The molecule has 0 saturated carbocycles. The summed E-state index contributed by atoms with van der Waals surface area (Å²) in [5, 5.41) is 13.0. The minimum Gasteiger partial charge on any atom is -0.379 e. The van der Waals surface area contributed by atoms with E-state index in [2.05, 4.69) is 20.8 Å². The van der Waals surface area contributed by atoms with Gasteiger partial charge >= 0.3 is 0 Å². The minimum absolute atomic E-state index is 0.0346. The molecule has 2 rings (SSSR count). The number of rotatable bonds is 5. The van der Waals surface area contributed by atoms with Crippen molar-refractivity contribution in [3.05, 3.63) is 11.8 Å². The van der Waals surface area contributed by atoms with Crippen LogP contribution in [0.25, 0.3) is 0 Å². The van der Waals surface area contributed by atoms with Crippen molar-refractivity contribution in [3.63, 3.8) is 0 Å². The van der Waals surface area contributed by atoms with E-state index in [1.54, 1.807) is 0 Å². The molecule has 1 amide bonds. The molecule has 0 radical (unpaired) electrons. The zero-order chi connectivity index (χ0) is 13.0. The highest BCUT2D eigenvalue weighted by Crippen LogP contribution is 2.16. The van der Waals surface area contributed by atoms with Crippen LogP contribution in [-0.2, 0) is 16.0 Å². The van der Waals surface area contributed by atoms with Crippen LogP contribution >= 0.6 is 0 Å². The van der Waals surface area contributed by atoms with Gasteiger partial charge in [-0.3, -0.25) is 9.89 Å². The summed E-state index contributed by atoms with van der Waals surface area (Å²) in [6.45, 7) is 5.95. The molecule has 0 aromatic carbocycles. The number of hydrogen-bond donors (Lipinski definition) is 3. The fraction of sp³-hybridized carbons (Fsp3) is 0.667. The third-order valence-electron chi connectivity index (χ3n) is 3.15. The SMILES string of the molecule is CCNC1COCC1C(=O)Nc1cc(CC)[nH]n1. The highest BCUT2D eigenvalue weighted by atomic mass is 16.5. The van der Waals surface area contributed by atoms with Crippen molar-refractivity contribution >= 4 is 11.7 Å². The van der Waals surface area contributed by atoms with Crippen LogP contribution in [0.5, 0.6) is 0 Å². The number of aromatic amines is 1. The molecule has 0 bridgehead atoms. The van der Waals surface area contributed by atoms with Crippen molar-refractivity contribution in [2.24, 2.45) is 5.92 Å². The second kappa shape index (κ2) is 5.97. The molecular weight excluding hydrogens is 232 g/mol. The first kappa shape index (κ1) is 13.0. The van der Waals surface area contributed by atoms with Gasteiger partial charge in [-0.25, -0.2) is 0 Å². The predicted octanol–water partition coefficient (Wildman–Crippen LogP) is 0.535. The number of carbonyl (C=O) groups is 1. The maximum atomic E-state index is 12.1. The van der Waals surface area contributed by atoms with Crippen molar-refractivity contribution in [1.29, 1.82) is 0 Å². The van der Waals surface area contributed by atoms with Crippen LogP contribution in [0.3, 0.4) is 0 Å². The number of amides is 1. The Morgan fingerprint density at radius 3 is 3.06 bits per heavy atom.